The Labute approximate surface area is 122 Å². The van der Waals surface area contributed by atoms with Gasteiger partial charge < -0.3 is 10.0 Å². The molecule has 0 bridgehead atoms. The molecule has 0 saturated carbocycles. The molecule has 1 aliphatic rings. The normalized spacial score (nSPS) is 24.1. The Morgan fingerprint density at radius 3 is 2.65 bits per heavy atom. The average Bonchev–Trinajstić information content (AvgIpc) is 3.09. The molecule has 2 heterocycles. The van der Waals surface area contributed by atoms with Gasteiger partial charge in [0.1, 0.15) is 6.10 Å². The lowest BCUT2D eigenvalue weighted by Crippen LogP contribution is -2.36. The lowest BCUT2D eigenvalue weighted by Gasteiger charge is -2.29. The molecule has 1 fully saturated rings. The van der Waals surface area contributed by atoms with E-state index in [0.29, 0.717) is 6.42 Å². The van der Waals surface area contributed by atoms with Crippen molar-refractivity contribution >= 4 is 17.2 Å². The van der Waals surface area contributed by atoms with Crippen molar-refractivity contribution in [1.82, 2.24) is 4.90 Å². The topological polar surface area (TPSA) is 40.5 Å². The summed E-state index contributed by atoms with van der Waals surface area (Å²) in [6.45, 7) is 0. The zero-order valence-electron chi connectivity index (χ0n) is 11.3. The molecule has 3 rings (SSSR count). The summed E-state index contributed by atoms with van der Waals surface area (Å²) in [5.41, 5.74) is 1.12. The van der Waals surface area contributed by atoms with Crippen LogP contribution in [-0.2, 0) is 4.79 Å². The van der Waals surface area contributed by atoms with E-state index in [-0.39, 0.29) is 17.9 Å². The summed E-state index contributed by atoms with van der Waals surface area (Å²) < 4.78 is 0. The summed E-state index contributed by atoms with van der Waals surface area (Å²) in [4.78, 5) is 14.7. The van der Waals surface area contributed by atoms with Crippen LogP contribution in [0.3, 0.4) is 0 Å². The maximum Gasteiger partial charge on any atom is 0.223 e. The number of thiophene rings is 1. The average molecular weight is 287 g/mol. The van der Waals surface area contributed by atoms with E-state index in [1.165, 1.54) is 11.3 Å². The van der Waals surface area contributed by atoms with E-state index < -0.39 is 6.10 Å². The van der Waals surface area contributed by atoms with Crippen LogP contribution in [0.2, 0.25) is 0 Å². The number of rotatable bonds is 3. The second kappa shape index (κ2) is 5.38. The highest BCUT2D eigenvalue weighted by Crippen LogP contribution is 2.40. The third kappa shape index (κ3) is 2.25. The van der Waals surface area contributed by atoms with Crippen molar-refractivity contribution in [2.75, 3.05) is 7.05 Å². The number of likely N-dealkylation sites (N-methyl/N-ethyl adjacent to an activating group) is 1. The Hall–Kier alpha value is -1.65. The van der Waals surface area contributed by atoms with Gasteiger partial charge >= 0.3 is 0 Å². The predicted octanol–water partition coefficient (Wildman–Crippen LogP) is 2.80. The fourth-order valence-corrected chi connectivity index (χ4v) is 3.71. The van der Waals surface area contributed by atoms with Crippen LogP contribution in [0.15, 0.2) is 47.8 Å². The second-order valence-corrected chi connectivity index (χ2v) is 6.16. The maximum absolute atomic E-state index is 12.1. The van der Waals surface area contributed by atoms with Crippen molar-refractivity contribution in [3.63, 3.8) is 0 Å². The molecule has 104 valence electrons. The van der Waals surface area contributed by atoms with Crippen LogP contribution >= 0.6 is 11.3 Å². The number of likely N-dealkylation sites (tertiary alicyclic amines) is 1. The first-order valence-corrected chi connectivity index (χ1v) is 7.58. The molecule has 1 aromatic carbocycles. The molecular weight excluding hydrogens is 270 g/mol. The molecule has 1 aliphatic heterocycles. The molecule has 3 atom stereocenters. The first kappa shape index (κ1) is 13.3. The van der Waals surface area contributed by atoms with Gasteiger partial charge in [0, 0.05) is 24.3 Å². The molecule has 4 heteroatoms. The van der Waals surface area contributed by atoms with Crippen LogP contribution < -0.4 is 0 Å². The molecule has 1 aromatic heterocycles. The monoisotopic (exact) mass is 287 g/mol. The lowest BCUT2D eigenvalue weighted by molar-refractivity contribution is -0.128. The van der Waals surface area contributed by atoms with Gasteiger partial charge in [-0.15, -0.1) is 11.3 Å². The molecule has 1 N–H and O–H groups in total. The molecule has 0 aliphatic carbocycles. The minimum absolute atomic E-state index is 0.0470. The summed E-state index contributed by atoms with van der Waals surface area (Å²) in [5, 5.41) is 12.6. The van der Waals surface area contributed by atoms with Crippen LogP contribution in [0.4, 0.5) is 0 Å². The number of hydrogen-bond donors (Lipinski definition) is 1. The van der Waals surface area contributed by atoms with Crippen LogP contribution in [-0.4, -0.2) is 29.0 Å². The molecule has 20 heavy (non-hydrogen) atoms. The van der Waals surface area contributed by atoms with Crippen LogP contribution in [0.1, 0.15) is 28.9 Å². The van der Waals surface area contributed by atoms with Crippen molar-refractivity contribution in [2.45, 2.75) is 24.5 Å². The smallest absolute Gasteiger partial charge is 0.223 e. The Kier molecular flexibility index (Phi) is 3.59. The zero-order valence-corrected chi connectivity index (χ0v) is 12.1. The Morgan fingerprint density at radius 2 is 2.00 bits per heavy atom. The van der Waals surface area contributed by atoms with Crippen molar-refractivity contribution in [3.05, 3.63) is 58.3 Å². The van der Waals surface area contributed by atoms with E-state index in [1.54, 1.807) is 11.9 Å². The highest BCUT2D eigenvalue weighted by Gasteiger charge is 2.43. The molecule has 3 nitrogen and oxygen atoms in total. The summed E-state index contributed by atoms with van der Waals surface area (Å²) in [6, 6.07) is 13.7. The van der Waals surface area contributed by atoms with Crippen molar-refractivity contribution in [1.29, 1.82) is 0 Å². The van der Waals surface area contributed by atoms with Gasteiger partial charge in [-0.25, -0.2) is 0 Å². The number of benzene rings is 1. The largest absolute Gasteiger partial charge is 0.385 e. The Balaban J connectivity index is 1.95. The third-order valence-electron chi connectivity index (χ3n) is 4.03. The quantitative estimate of drug-likeness (QED) is 0.943. The molecule has 0 spiro atoms. The van der Waals surface area contributed by atoms with Crippen LogP contribution in [0.25, 0.3) is 0 Å². The van der Waals surface area contributed by atoms with Crippen LogP contribution in [0.5, 0.6) is 0 Å². The number of carbonyl (C=O) groups is 1. The van der Waals surface area contributed by atoms with Crippen molar-refractivity contribution in [2.24, 2.45) is 0 Å². The zero-order chi connectivity index (χ0) is 14.1. The molecule has 3 unspecified atom stereocenters. The van der Waals surface area contributed by atoms with Gasteiger partial charge in [-0.3, -0.25) is 4.79 Å². The fraction of sp³-hybridized carbons (Fsp3) is 0.312. The number of carbonyl (C=O) groups excluding carboxylic acids is 1. The fourth-order valence-electron chi connectivity index (χ4n) is 2.96. The molecule has 1 saturated heterocycles. The molecular formula is C16H17NO2S. The van der Waals surface area contributed by atoms with Gasteiger partial charge in [0.05, 0.1) is 6.04 Å². The van der Waals surface area contributed by atoms with Gasteiger partial charge in [-0.1, -0.05) is 36.4 Å². The number of aliphatic hydroxyl groups excluding tert-OH is 1. The van der Waals surface area contributed by atoms with Gasteiger partial charge in [-0.05, 0) is 17.0 Å². The maximum atomic E-state index is 12.1. The summed E-state index contributed by atoms with van der Waals surface area (Å²) in [6.07, 6.45) is -0.162. The number of nitrogens with zero attached hydrogens (tertiary/aromatic N) is 1. The SMILES string of the molecule is CN1C(=O)CC(c2ccccc2)C1C(O)c1cccs1. The summed E-state index contributed by atoms with van der Waals surface area (Å²) in [5.74, 6) is 0.144. The minimum atomic E-state index is -0.628. The van der Waals surface area contributed by atoms with Crippen molar-refractivity contribution in [3.8, 4) is 0 Å². The summed E-state index contributed by atoms with van der Waals surface area (Å²) >= 11 is 1.53. The minimum Gasteiger partial charge on any atom is -0.385 e. The molecule has 2 aromatic rings. The second-order valence-electron chi connectivity index (χ2n) is 5.18. The van der Waals surface area contributed by atoms with E-state index in [0.717, 1.165) is 10.4 Å². The van der Waals surface area contributed by atoms with Crippen LogP contribution in [0, 0.1) is 0 Å². The first-order valence-electron chi connectivity index (χ1n) is 6.70. The highest BCUT2D eigenvalue weighted by atomic mass is 32.1. The Morgan fingerprint density at radius 1 is 1.25 bits per heavy atom. The Bertz CT molecular complexity index is 582. The van der Waals surface area contributed by atoms with E-state index >= 15 is 0 Å². The van der Waals surface area contributed by atoms with Gasteiger partial charge in [-0.2, -0.15) is 0 Å². The van der Waals surface area contributed by atoms with E-state index in [1.807, 2.05) is 47.8 Å². The third-order valence-corrected chi connectivity index (χ3v) is 4.98. The van der Waals surface area contributed by atoms with Gasteiger partial charge in [0.2, 0.25) is 5.91 Å². The number of hydrogen-bond acceptors (Lipinski definition) is 3. The van der Waals surface area contributed by atoms with Crippen molar-refractivity contribution < 1.29 is 9.90 Å². The van der Waals surface area contributed by atoms with Gasteiger partial charge in [0.15, 0.2) is 0 Å². The standard InChI is InChI=1S/C16H17NO2S/c1-17-14(18)10-12(11-6-3-2-4-7-11)15(17)16(19)13-8-5-9-20-13/h2-9,12,15-16,19H,10H2,1H3. The van der Waals surface area contributed by atoms with E-state index in [4.69, 9.17) is 0 Å². The number of aliphatic hydroxyl groups is 1. The first-order chi connectivity index (χ1) is 9.68. The molecule has 1 amide bonds. The van der Waals surface area contributed by atoms with E-state index in [9.17, 15) is 9.90 Å². The number of amides is 1. The highest BCUT2D eigenvalue weighted by molar-refractivity contribution is 7.10. The lowest BCUT2D eigenvalue weighted by atomic mass is 9.88. The van der Waals surface area contributed by atoms with Gasteiger partial charge in [0.25, 0.3) is 0 Å². The predicted molar refractivity (Wildman–Crippen MR) is 79.6 cm³/mol. The molecule has 0 radical (unpaired) electrons. The summed E-state index contributed by atoms with van der Waals surface area (Å²) in [7, 11) is 1.78. The van der Waals surface area contributed by atoms with E-state index in [2.05, 4.69) is 0 Å².